The molecule has 2 amide bonds. The van der Waals surface area contributed by atoms with Crippen molar-refractivity contribution in [1.29, 1.82) is 0 Å². The van der Waals surface area contributed by atoms with Gasteiger partial charge >= 0.3 is 6.09 Å². The normalized spacial score (nSPS) is 10.8. The van der Waals surface area contributed by atoms with Crippen molar-refractivity contribution in [3.05, 3.63) is 71.4 Å². The Kier molecular flexibility index (Phi) is 8.99. The summed E-state index contributed by atoms with van der Waals surface area (Å²) in [5, 5.41) is 13.1. The van der Waals surface area contributed by atoms with E-state index < -0.39 is 6.09 Å². The molecule has 0 spiro atoms. The lowest BCUT2D eigenvalue weighted by Crippen LogP contribution is -2.36. The molecule has 3 aromatic rings. The van der Waals surface area contributed by atoms with Gasteiger partial charge in [-0.1, -0.05) is 37.6 Å². The van der Waals surface area contributed by atoms with Crippen LogP contribution in [0.2, 0.25) is 5.02 Å². The molecule has 2 N–H and O–H groups in total. The first-order chi connectivity index (χ1) is 16.8. The number of halogens is 1. The number of likely N-dealkylation sites (N-methyl/N-ethyl adjacent to an activating group) is 2. The highest BCUT2D eigenvalue weighted by molar-refractivity contribution is 6.34. The lowest BCUT2D eigenvalue weighted by molar-refractivity contribution is 0.0779. The van der Waals surface area contributed by atoms with Gasteiger partial charge in [0.15, 0.2) is 0 Å². The minimum atomic E-state index is -1.23. The summed E-state index contributed by atoms with van der Waals surface area (Å²) in [7, 11) is 1.80. The summed E-state index contributed by atoms with van der Waals surface area (Å²) in [4.78, 5) is 38.2. The molecule has 0 unspecified atom stereocenters. The summed E-state index contributed by atoms with van der Waals surface area (Å²) in [6, 6.07) is 15.1. The Hall–Kier alpha value is -3.69. The topological polar surface area (TPSA) is 102 Å². The third-order valence-electron chi connectivity index (χ3n) is 5.54. The largest absolute Gasteiger partial charge is 0.464 e. The Labute approximate surface area is 210 Å². The molecule has 0 saturated carbocycles. The average molecular weight is 497 g/mol. The van der Waals surface area contributed by atoms with Crippen molar-refractivity contribution in [2.24, 2.45) is 0 Å². The van der Waals surface area contributed by atoms with E-state index in [0.717, 1.165) is 24.5 Å². The third-order valence-corrected chi connectivity index (χ3v) is 5.85. The van der Waals surface area contributed by atoms with Gasteiger partial charge in [-0.3, -0.25) is 4.79 Å². The van der Waals surface area contributed by atoms with Crippen LogP contribution < -0.4 is 10.2 Å². The molecule has 10 heteroatoms. The van der Waals surface area contributed by atoms with Gasteiger partial charge in [-0.15, -0.1) is 0 Å². The van der Waals surface area contributed by atoms with Crippen molar-refractivity contribution in [2.45, 2.75) is 13.8 Å². The van der Waals surface area contributed by atoms with E-state index in [1.165, 1.54) is 12.3 Å². The van der Waals surface area contributed by atoms with Crippen molar-refractivity contribution in [3.63, 3.8) is 0 Å². The first-order valence-electron chi connectivity index (χ1n) is 11.3. The quantitative estimate of drug-likeness (QED) is 0.402. The molecule has 2 aromatic carbocycles. The Balaban J connectivity index is 1.71. The maximum absolute atomic E-state index is 12.7. The number of rotatable bonds is 10. The van der Waals surface area contributed by atoms with Gasteiger partial charge in [0.1, 0.15) is 5.82 Å². The van der Waals surface area contributed by atoms with Crippen molar-refractivity contribution < 1.29 is 14.7 Å². The molecule has 0 saturated heterocycles. The zero-order valence-electron chi connectivity index (χ0n) is 20.0. The number of carboxylic acid groups (broad SMARTS) is 1. The van der Waals surface area contributed by atoms with Gasteiger partial charge in [-0.05, 0) is 49.5 Å². The molecule has 35 heavy (non-hydrogen) atoms. The smallest absolute Gasteiger partial charge is 0.417 e. The molecular formula is C25H29ClN6O3. The molecule has 0 bridgehead atoms. The predicted molar refractivity (Wildman–Crippen MR) is 138 cm³/mol. The molecule has 9 nitrogen and oxygen atoms in total. The van der Waals surface area contributed by atoms with E-state index in [1.807, 2.05) is 0 Å². The van der Waals surface area contributed by atoms with Gasteiger partial charge in [-0.2, -0.15) is 4.98 Å². The van der Waals surface area contributed by atoms with Crippen LogP contribution in [-0.2, 0) is 0 Å². The number of hydrogen-bond acceptors (Lipinski definition) is 6. The monoisotopic (exact) mass is 496 g/mol. The standard InChI is InChI=1S/C25H29ClN6O3/c1-4-31(5-2)17-16-30(3)23(33)18-10-12-19(13-11-18)28-24-27-15-14-22(29-24)32(25(34)35)21-9-7-6-8-20(21)26/h6-15H,4-5,16-17H2,1-3H3,(H,34,35)(H,27,28,29). The van der Waals surface area contributed by atoms with Gasteiger partial charge in [0.05, 0.1) is 10.7 Å². The summed E-state index contributed by atoms with van der Waals surface area (Å²) in [6.45, 7) is 7.57. The fraction of sp³-hybridized carbons (Fsp3) is 0.280. The number of aromatic nitrogens is 2. The minimum Gasteiger partial charge on any atom is -0.464 e. The molecule has 0 aliphatic rings. The van der Waals surface area contributed by atoms with E-state index in [9.17, 15) is 14.7 Å². The number of carbonyl (C=O) groups is 2. The highest BCUT2D eigenvalue weighted by Crippen LogP contribution is 2.31. The van der Waals surface area contributed by atoms with Crippen LogP contribution in [0.1, 0.15) is 24.2 Å². The number of nitrogens with one attached hydrogen (secondary N) is 1. The summed E-state index contributed by atoms with van der Waals surface area (Å²) < 4.78 is 0. The zero-order chi connectivity index (χ0) is 25.4. The van der Waals surface area contributed by atoms with Crippen molar-refractivity contribution in [3.8, 4) is 0 Å². The average Bonchev–Trinajstić information content (AvgIpc) is 2.86. The molecule has 0 aliphatic heterocycles. The summed E-state index contributed by atoms with van der Waals surface area (Å²) in [5.74, 6) is 0.291. The van der Waals surface area contributed by atoms with Crippen LogP contribution in [0.25, 0.3) is 0 Å². The molecule has 184 valence electrons. The Bertz CT molecular complexity index is 1150. The molecular weight excluding hydrogens is 468 g/mol. The second-order valence-electron chi connectivity index (χ2n) is 7.76. The number of nitrogens with zero attached hydrogens (tertiary/aromatic N) is 5. The van der Waals surface area contributed by atoms with E-state index in [2.05, 4.69) is 34.0 Å². The number of benzene rings is 2. The fourth-order valence-electron chi connectivity index (χ4n) is 3.47. The number of carbonyl (C=O) groups excluding carboxylic acids is 1. The van der Waals surface area contributed by atoms with Crippen LogP contribution in [0.15, 0.2) is 60.8 Å². The van der Waals surface area contributed by atoms with Crippen LogP contribution in [0, 0.1) is 0 Å². The molecule has 1 heterocycles. The molecule has 0 atom stereocenters. The molecule has 0 aliphatic carbocycles. The maximum Gasteiger partial charge on any atom is 0.417 e. The summed E-state index contributed by atoms with van der Waals surface area (Å²) >= 11 is 6.20. The van der Waals surface area contributed by atoms with E-state index in [0.29, 0.717) is 23.5 Å². The first kappa shape index (κ1) is 25.9. The third kappa shape index (κ3) is 6.68. The maximum atomic E-state index is 12.7. The number of hydrogen-bond donors (Lipinski definition) is 2. The molecule has 0 fully saturated rings. The van der Waals surface area contributed by atoms with Crippen molar-refractivity contribution in [2.75, 3.05) is 43.4 Å². The van der Waals surface area contributed by atoms with Gasteiger partial charge < -0.3 is 20.2 Å². The van der Waals surface area contributed by atoms with E-state index in [4.69, 9.17) is 11.6 Å². The molecule has 0 radical (unpaired) electrons. The lowest BCUT2D eigenvalue weighted by Gasteiger charge is -2.23. The zero-order valence-corrected chi connectivity index (χ0v) is 20.7. The second-order valence-corrected chi connectivity index (χ2v) is 8.17. The van der Waals surface area contributed by atoms with Gasteiger partial charge in [-0.25, -0.2) is 14.7 Å². The second kappa shape index (κ2) is 12.1. The van der Waals surface area contributed by atoms with Crippen molar-refractivity contribution >= 4 is 46.7 Å². The van der Waals surface area contributed by atoms with Crippen LogP contribution in [-0.4, -0.2) is 70.1 Å². The molecule has 3 rings (SSSR count). The Morgan fingerprint density at radius 2 is 1.69 bits per heavy atom. The van der Waals surface area contributed by atoms with E-state index in [1.54, 1.807) is 60.5 Å². The van der Waals surface area contributed by atoms with Gasteiger partial charge in [0.25, 0.3) is 5.91 Å². The van der Waals surface area contributed by atoms with Gasteiger partial charge in [0.2, 0.25) is 5.95 Å². The highest BCUT2D eigenvalue weighted by Gasteiger charge is 2.21. The van der Waals surface area contributed by atoms with Crippen LogP contribution in [0.5, 0.6) is 0 Å². The Morgan fingerprint density at radius 1 is 1.00 bits per heavy atom. The minimum absolute atomic E-state index is 0.0567. The van der Waals surface area contributed by atoms with Crippen LogP contribution >= 0.6 is 11.6 Å². The number of para-hydroxylation sites is 1. The molecule has 1 aromatic heterocycles. The SMILES string of the molecule is CCN(CC)CCN(C)C(=O)c1ccc(Nc2nccc(N(C(=O)O)c3ccccc3Cl)n2)cc1. The first-order valence-corrected chi connectivity index (χ1v) is 11.7. The van der Waals surface area contributed by atoms with Crippen LogP contribution in [0.3, 0.4) is 0 Å². The summed E-state index contributed by atoms with van der Waals surface area (Å²) in [6.07, 6.45) is 0.232. The highest BCUT2D eigenvalue weighted by atomic mass is 35.5. The lowest BCUT2D eigenvalue weighted by atomic mass is 10.2. The number of anilines is 4. The predicted octanol–water partition coefficient (Wildman–Crippen LogP) is 5.10. The fourth-order valence-corrected chi connectivity index (χ4v) is 3.69. The van der Waals surface area contributed by atoms with E-state index in [-0.39, 0.29) is 22.7 Å². The van der Waals surface area contributed by atoms with E-state index >= 15 is 0 Å². The number of amides is 2. The Morgan fingerprint density at radius 3 is 2.31 bits per heavy atom. The van der Waals surface area contributed by atoms with Crippen LogP contribution in [0.4, 0.5) is 27.9 Å². The van der Waals surface area contributed by atoms with Gasteiger partial charge in [0, 0.05) is 43.7 Å². The van der Waals surface area contributed by atoms with Crippen molar-refractivity contribution in [1.82, 2.24) is 19.8 Å². The summed E-state index contributed by atoms with van der Waals surface area (Å²) in [5.41, 5.74) is 1.52.